The lowest BCUT2D eigenvalue weighted by molar-refractivity contribution is -0.385. The molecule has 0 saturated carbocycles. The number of halogens is 4. The fraction of sp³-hybridized carbons (Fsp3) is 0.308. The number of hydrogen-bond acceptors (Lipinski definition) is 10. The number of carbonyl (C=O) groups excluding carboxylic acids is 4. The summed E-state index contributed by atoms with van der Waals surface area (Å²) in [5.74, 6) is -1.46. The zero-order valence-electron chi connectivity index (χ0n) is 31.8. The van der Waals surface area contributed by atoms with Crippen LogP contribution in [-0.4, -0.2) is 107 Å². The predicted octanol–water partition coefficient (Wildman–Crippen LogP) is 5.83. The molecule has 2 saturated heterocycles. The molecule has 17 nitrogen and oxygen atoms in total. The quantitative estimate of drug-likeness (QED) is 0.132. The first kappa shape index (κ1) is 41.3. The number of imidazole rings is 1. The summed E-state index contributed by atoms with van der Waals surface area (Å²) in [6, 6.07) is 15.8. The monoisotopic (exact) mass is 848 g/mol. The minimum atomic E-state index is -4.92. The lowest BCUT2D eigenvalue weighted by atomic mass is 9.95. The van der Waals surface area contributed by atoms with Gasteiger partial charge in [-0.1, -0.05) is 41.9 Å². The molecule has 21 heteroatoms. The number of anilines is 1. The third kappa shape index (κ3) is 9.07. The van der Waals surface area contributed by atoms with Crippen molar-refractivity contribution in [1.82, 2.24) is 39.0 Å². The fourth-order valence-corrected chi connectivity index (χ4v) is 7.26. The maximum Gasteiger partial charge on any atom is 0.435 e. The summed E-state index contributed by atoms with van der Waals surface area (Å²) in [5.41, 5.74) is -0.915. The van der Waals surface area contributed by atoms with Crippen LogP contribution in [0.1, 0.15) is 45.1 Å². The van der Waals surface area contributed by atoms with E-state index in [1.807, 2.05) is 30.3 Å². The summed E-state index contributed by atoms with van der Waals surface area (Å²) in [4.78, 5) is 75.2. The summed E-state index contributed by atoms with van der Waals surface area (Å²) < 4.78 is 49.7. The van der Waals surface area contributed by atoms with Gasteiger partial charge in [-0.3, -0.25) is 29.4 Å². The second-order valence-electron chi connectivity index (χ2n) is 14.2. The summed E-state index contributed by atoms with van der Waals surface area (Å²) >= 11 is 6.53. The van der Waals surface area contributed by atoms with Crippen LogP contribution in [0.5, 0.6) is 0 Å². The minimum Gasteiger partial charge on any atom is -0.445 e. The van der Waals surface area contributed by atoms with Crippen molar-refractivity contribution in [3.05, 3.63) is 117 Å². The predicted molar refractivity (Wildman–Crippen MR) is 208 cm³/mol. The lowest BCUT2D eigenvalue weighted by Crippen LogP contribution is -2.54. The molecule has 312 valence electrons. The van der Waals surface area contributed by atoms with E-state index < -0.39 is 34.4 Å². The largest absolute Gasteiger partial charge is 0.445 e. The number of rotatable bonds is 10. The van der Waals surface area contributed by atoms with E-state index in [4.69, 9.17) is 16.3 Å². The minimum absolute atomic E-state index is 0.0632. The van der Waals surface area contributed by atoms with Gasteiger partial charge in [0.1, 0.15) is 19.3 Å². The van der Waals surface area contributed by atoms with E-state index in [9.17, 15) is 42.5 Å². The van der Waals surface area contributed by atoms with Gasteiger partial charge in [0.05, 0.1) is 33.0 Å². The molecule has 2 aliphatic heterocycles. The van der Waals surface area contributed by atoms with Crippen LogP contribution in [0.15, 0.2) is 79.3 Å². The maximum atomic E-state index is 14.1. The Morgan fingerprint density at radius 1 is 0.983 bits per heavy atom. The van der Waals surface area contributed by atoms with E-state index in [0.29, 0.717) is 45.6 Å². The Balaban J connectivity index is 0.926. The molecule has 7 rings (SSSR count). The molecule has 1 N–H and O–H groups in total. The number of alkyl halides is 3. The van der Waals surface area contributed by atoms with Gasteiger partial charge in [0.25, 0.3) is 17.5 Å². The van der Waals surface area contributed by atoms with Crippen LogP contribution in [0.2, 0.25) is 5.02 Å². The average molecular weight is 849 g/mol. The van der Waals surface area contributed by atoms with Crippen LogP contribution < -0.4 is 5.32 Å². The van der Waals surface area contributed by atoms with Gasteiger partial charge in [0.15, 0.2) is 17.3 Å². The molecule has 0 spiro atoms. The number of pyridine rings is 1. The van der Waals surface area contributed by atoms with Crippen molar-refractivity contribution in [2.45, 2.75) is 25.6 Å². The number of carbonyl (C=O) groups is 4. The van der Waals surface area contributed by atoms with Gasteiger partial charge in [-0.05, 0) is 48.6 Å². The van der Waals surface area contributed by atoms with Gasteiger partial charge < -0.3 is 24.4 Å². The van der Waals surface area contributed by atoms with Gasteiger partial charge in [0, 0.05) is 57.7 Å². The summed E-state index contributed by atoms with van der Waals surface area (Å²) in [7, 11) is 1.35. The standard InChI is InChI=1S/C39H36ClF3N10O7/c1-48-31(29-21-52(47-34(29)39(41,42)43)32-10-8-27(18-44-32)53(58)59)19-45-35(48)36(55)46-26-7-9-28(30(40)17-26)37(56)49-13-11-24(12-14-49)20-50-15-16-51(22-33(50)54)38(57)60-23-25-5-3-2-4-6-25/h2-10,17-19,21,24H,11-16,20,22-23H2,1H3,(H,46,55). The Kier molecular flexibility index (Phi) is 11.8. The summed E-state index contributed by atoms with van der Waals surface area (Å²) in [6.07, 6.45) is -1.15. The number of nitrogens with one attached hydrogen (secondary N) is 1. The highest BCUT2D eigenvalue weighted by Gasteiger charge is 2.39. The lowest BCUT2D eigenvalue weighted by Gasteiger charge is -2.38. The van der Waals surface area contributed by atoms with Crippen LogP contribution in [0.3, 0.4) is 0 Å². The van der Waals surface area contributed by atoms with Gasteiger partial charge >= 0.3 is 12.3 Å². The molecule has 0 atom stereocenters. The van der Waals surface area contributed by atoms with Crippen LogP contribution >= 0.6 is 11.6 Å². The van der Waals surface area contributed by atoms with E-state index >= 15 is 0 Å². The number of hydrogen-bond donors (Lipinski definition) is 1. The number of amides is 4. The molecule has 0 radical (unpaired) electrons. The normalized spacial score (nSPS) is 14.9. The molecule has 2 aliphatic rings. The van der Waals surface area contributed by atoms with Crippen LogP contribution in [0.25, 0.3) is 17.1 Å². The number of piperazine rings is 1. The summed E-state index contributed by atoms with van der Waals surface area (Å²) in [5, 5.41) is 17.3. The van der Waals surface area contributed by atoms with Crippen molar-refractivity contribution in [2.75, 3.05) is 44.6 Å². The van der Waals surface area contributed by atoms with Crippen molar-refractivity contribution < 1.29 is 42.0 Å². The number of likely N-dealkylation sites (tertiary alicyclic amines) is 1. The number of nitro groups is 1. The van der Waals surface area contributed by atoms with Crippen LogP contribution in [0, 0.1) is 16.0 Å². The molecule has 3 aromatic heterocycles. The zero-order chi connectivity index (χ0) is 42.7. The average Bonchev–Trinajstić information content (AvgIpc) is 3.85. The van der Waals surface area contributed by atoms with Crippen LogP contribution in [-0.2, 0) is 29.4 Å². The third-order valence-corrected chi connectivity index (χ3v) is 10.6. The molecule has 0 bridgehead atoms. The Bertz CT molecular complexity index is 2430. The molecule has 0 unspecified atom stereocenters. The smallest absolute Gasteiger partial charge is 0.435 e. The molecular weight excluding hydrogens is 813 g/mol. The van der Waals surface area contributed by atoms with Crippen molar-refractivity contribution in [2.24, 2.45) is 13.0 Å². The van der Waals surface area contributed by atoms with E-state index in [0.717, 1.165) is 45.5 Å². The number of piperidine rings is 1. The van der Waals surface area contributed by atoms with Crippen LogP contribution in [0.4, 0.5) is 29.3 Å². The van der Waals surface area contributed by atoms with Gasteiger partial charge in [-0.15, -0.1) is 0 Å². The summed E-state index contributed by atoms with van der Waals surface area (Å²) in [6.45, 7) is 2.16. The zero-order valence-corrected chi connectivity index (χ0v) is 32.6. The highest BCUT2D eigenvalue weighted by molar-refractivity contribution is 6.34. The fourth-order valence-electron chi connectivity index (χ4n) is 7.00. The highest BCUT2D eigenvalue weighted by Crippen LogP contribution is 2.37. The molecule has 2 aromatic carbocycles. The number of aromatic nitrogens is 5. The maximum absolute atomic E-state index is 14.1. The molecule has 0 aliphatic carbocycles. The van der Waals surface area contributed by atoms with Crippen molar-refractivity contribution in [3.8, 4) is 17.1 Å². The molecule has 2 fully saturated rings. The first-order valence-corrected chi connectivity index (χ1v) is 19.0. The highest BCUT2D eigenvalue weighted by atomic mass is 35.5. The molecule has 60 heavy (non-hydrogen) atoms. The van der Waals surface area contributed by atoms with Crippen molar-refractivity contribution in [3.63, 3.8) is 0 Å². The molecule has 5 aromatic rings. The molecule has 4 amide bonds. The van der Waals surface area contributed by atoms with Crippen molar-refractivity contribution >= 4 is 46.8 Å². The van der Waals surface area contributed by atoms with Crippen molar-refractivity contribution in [1.29, 1.82) is 0 Å². The molecular formula is C39H36ClF3N10O7. The Hall–Kier alpha value is -6.83. The Labute approximate surface area is 344 Å². The first-order chi connectivity index (χ1) is 28.7. The number of ether oxygens (including phenoxy) is 1. The number of benzene rings is 2. The number of nitrogens with zero attached hydrogens (tertiary/aromatic N) is 9. The van der Waals surface area contributed by atoms with Gasteiger partial charge in [-0.25, -0.2) is 19.4 Å². The second kappa shape index (κ2) is 17.2. The topological polar surface area (TPSA) is 191 Å². The van der Waals surface area contributed by atoms with Gasteiger partial charge in [0.2, 0.25) is 5.91 Å². The molecule has 5 heterocycles. The van der Waals surface area contributed by atoms with E-state index in [1.165, 1.54) is 30.1 Å². The van der Waals surface area contributed by atoms with E-state index in [1.54, 1.807) is 9.80 Å². The Morgan fingerprint density at radius 2 is 1.73 bits per heavy atom. The SMILES string of the molecule is Cn1c(-c2cn(-c3ccc([N+](=O)[O-])cn3)nc2C(F)(F)F)cnc1C(=O)Nc1ccc(C(=O)N2CCC(CN3CCN(C(=O)OCc4ccccc4)CC3=O)CC2)c(Cl)c1. The van der Waals surface area contributed by atoms with E-state index in [2.05, 4.69) is 20.4 Å². The van der Waals surface area contributed by atoms with E-state index in [-0.39, 0.29) is 70.2 Å². The van der Waals surface area contributed by atoms with Gasteiger partial charge in [-0.2, -0.15) is 18.3 Å². The third-order valence-electron chi connectivity index (χ3n) is 10.2. The first-order valence-electron chi connectivity index (χ1n) is 18.6. The second-order valence-corrected chi connectivity index (χ2v) is 14.6. The Morgan fingerprint density at radius 3 is 2.38 bits per heavy atom.